The predicted octanol–water partition coefficient (Wildman–Crippen LogP) is 1.83. The van der Waals surface area contributed by atoms with Crippen LogP contribution in [0.3, 0.4) is 0 Å². The van der Waals surface area contributed by atoms with Gasteiger partial charge in [-0.05, 0) is 18.9 Å². The first-order valence-corrected chi connectivity index (χ1v) is 5.29. The molecular formula is C12H16FNO2. The maximum Gasteiger partial charge on any atom is 0.164 e. The summed E-state index contributed by atoms with van der Waals surface area (Å²) in [5, 5.41) is 0. The van der Waals surface area contributed by atoms with Crippen LogP contribution in [-0.2, 0) is 5.41 Å². The number of rotatable bonds is 4. The lowest BCUT2D eigenvalue weighted by atomic mass is 9.94. The van der Waals surface area contributed by atoms with Crippen molar-refractivity contribution in [3.05, 3.63) is 23.5 Å². The topological polar surface area (TPSA) is 44.5 Å². The van der Waals surface area contributed by atoms with Gasteiger partial charge < -0.3 is 15.2 Å². The lowest BCUT2D eigenvalue weighted by molar-refractivity contribution is 0.345. The summed E-state index contributed by atoms with van der Waals surface area (Å²) in [4.78, 5) is 0. The van der Waals surface area contributed by atoms with Gasteiger partial charge in [0.15, 0.2) is 11.5 Å². The van der Waals surface area contributed by atoms with E-state index >= 15 is 0 Å². The average Bonchev–Trinajstić information content (AvgIpc) is 3.08. The Hall–Kier alpha value is -1.29. The maximum absolute atomic E-state index is 13.4. The molecule has 0 saturated heterocycles. The molecule has 0 bridgehead atoms. The summed E-state index contributed by atoms with van der Waals surface area (Å²) >= 11 is 0. The SMILES string of the molecule is COc1cc(F)cc(C2(CN)CC2)c1OC. The molecule has 0 heterocycles. The number of halogens is 1. The van der Waals surface area contributed by atoms with Gasteiger partial charge in [0, 0.05) is 23.6 Å². The van der Waals surface area contributed by atoms with Crippen molar-refractivity contribution in [1.29, 1.82) is 0 Å². The van der Waals surface area contributed by atoms with Gasteiger partial charge in [-0.2, -0.15) is 0 Å². The Morgan fingerprint density at radius 2 is 2.00 bits per heavy atom. The Labute approximate surface area is 94.3 Å². The first-order chi connectivity index (χ1) is 7.66. The van der Waals surface area contributed by atoms with Crippen molar-refractivity contribution >= 4 is 0 Å². The van der Waals surface area contributed by atoms with Gasteiger partial charge >= 0.3 is 0 Å². The van der Waals surface area contributed by atoms with Gasteiger partial charge in [0.2, 0.25) is 0 Å². The van der Waals surface area contributed by atoms with Gasteiger partial charge in [0.1, 0.15) is 5.82 Å². The van der Waals surface area contributed by atoms with Crippen LogP contribution in [0.4, 0.5) is 4.39 Å². The van der Waals surface area contributed by atoms with Gasteiger partial charge in [-0.15, -0.1) is 0 Å². The second-order valence-electron chi connectivity index (χ2n) is 4.17. The second-order valence-corrected chi connectivity index (χ2v) is 4.17. The number of nitrogens with two attached hydrogens (primary N) is 1. The van der Waals surface area contributed by atoms with E-state index in [2.05, 4.69) is 0 Å². The van der Waals surface area contributed by atoms with Crippen molar-refractivity contribution < 1.29 is 13.9 Å². The molecule has 1 saturated carbocycles. The smallest absolute Gasteiger partial charge is 0.164 e. The summed E-state index contributed by atoms with van der Waals surface area (Å²) in [6.07, 6.45) is 1.96. The molecule has 0 radical (unpaired) electrons. The van der Waals surface area contributed by atoms with E-state index in [1.165, 1.54) is 19.2 Å². The minimum Gasteiger partial charge on any atom is -0.493 e. The highest BCUT2D eigenvalue weighted by Gasteiger charge is 2.45. The van der Waals surface area contributed by atoms with Crippen LogP contribution in [0.25, 0.3) is 0 Å². The number of hydrogen-bond acceptors (Lipinski definition) is 3. The van der Waals surface area contributed by atoms with Gasteiger partial charge in [0.25, 0.3) is 0 Å². The molecular weight excluding hydrogens is 209 g/mol. The molecule has 0 unspecified atom stereocenters. The molecule has 2 rings (SSSR count). The van der Waals surface area contributed by atoms with Crippen molar-refractivity contribution in [3.8, 4) is 11.5 Å². The number of hydrogen-bond donors (Lipinski definition) is 1. The molecule has 0 amide bonds. The van der Waals surface area contributed by atoms with E-state index in [0.29, 0.717) is 18.0 Å². The van der Waals surface area contributed by atoms with E-state index in [1.807, 2.05) is 0 Å². The van der Waals surface area contributed by atoms with Crippen LogP contribution in [0, 0.1) is 5.82 Å². The van der Waals surface area contributed by atoms with E-state index in [4.69, 9.17) is 15.2 Å². The highest BCUT2D eigenvalue weighted by molar-refractivity contribution is 5.52. The summed E-state index contributed by atoms with van der Waals surface area (Å²) in [5.41, 5.74) is 6.46. The maximum atomic E-state index is 13.4. The third kappa shape index (κ3) is 1.63. The van der Waals surface area contributed by atoms with Crippen molar-refractivity contribution in [3.63, 3.8) is 0 Å². The van der Waals surface area contributed by atoms with Crippen LogP contribution in [0.5, 0.6) is 11.5 Å². The first-order valence-electron chi connectivity index (χ1n) is 5.29. The largest absolute Gasteiger partial charge is 0.493 e. The fraction of sp³-hybridized carbons (Fsp3) is 0.500. The zero-order valence-corrected chi connectivity index (χ0v) is 9.55. The quantitative estimate of drug-likeness (QED) is 0.850. The molecule has 1 aliphatic carbocycles. The molecule has 0 aliphatic heterocycles. The third-order valence-corrected chi connectivity index (χ3v) is 3.26. The fourth-order valence-corrected chi connectivity index (χ4v) is 2.06. The molecule has 0 spiro atoms. The highest BCUT2D eigenvalue weighted by atomic mass is 19.1. The van der Waals surface area contributed by atoms with Gasteiger partial charge in [-0.3, -0.25) is 0 Å². The summed E-state index contributed by atoms with van der Waals surface area (Å²) in [6.45, 7) is 0.510. The van der Waals surface area contributed by atoms with E-state index in [0.717, 1.165) is 18.4 Å². The number of methoxy groups -OCH3 is 2. The van der Waals surface area contributed by atoms with E-state index in [-0.39, 0.29) is 11.2 Å². The Morgan fingerprint density at radius 1 is 1.31 bits per heavy atom. The zero-order chi connectivity index (χ0) is 11.8. The summed E-state index contributed by atoms with van der Waals surface area (Å²) in [6, 6.07) is 2.83. The lowest BCUT2D eigenvalue weighted by Gasteiger charge is -2.19. The molecule has 0 atom stereocenters. The van der Waals surface area contributed by atoms with Crippen molar-refractivity contribution in [2.24, 2.45) is 5.73 Å². The lowest BCUT2D eigenvalue weighted by Crippen LogP contribution is -2.21. The van der Waals surface area contributed by atoms with Crippen LogP contribution in [0.2, 0.25) is 0 Å². The van der Waals surface area contributed by atoms with Gasteiger partial charge in [-0.1, -0.05) is 0 Å². The van der Waals surface area contributed by atoms with Crippen molar-refractivity contribution in [2.75, 3.05) is 20.8 Å². The summed E-state index contributed by atoms with van der Waals surface area (Å²) in [7, 11) is 3.06. The van der Waals surface area contributed by atoms with Crippen LogP contribution in [0.1, 0.15) is 18.4 Å². The molecule has 88 valence electrons. The molecule has 1 aromatic rings. The molecule has 1 aromatic carbocycles. The number of ether oxygens (including phenoxy) is 2. The molecule has 1 aliphatic rings. The Balaban J connectivity index is 2.54. The van der Waals surface area contributed by atoms with Crippen LogP contribution in [0.15, 0.2) is 12.1 Å². The zero-order valence-electron chi connectivity index (χ0n) is 9.55. The molecule has 2 N–H and O–H groups in total. The average molecular weight is 225 g/mol. The Morgan fingerprint density at radius 3 is 2.44 bits per heavy atom. The number of benzene rings is 1. The molecule has 3 nitrogen and oxygen atoms in total. The first kappa shape index (κ1) is 11.2. The molecule has 16 heavy (non-hydrogen) atoms. The minimum atomic E-state index is -0.313. The molecule has 1 fully saturated rings. The van der Waals surface area contributed by atoms with E-state index in [9.17, 15) is 4.39 Å². The van der Waals surface area contributed by atoms with E-state index < -0.39 is 0 Å². The monoisotopic (exact) mass is 225 g/mol. The van der Waals surface area contributed by atoms with Gasteiger partial charge in [0.05, 0.1) is 14.2 Å². The van der Waals surface area contributed by atoms with E-state index in [1.54, 1.807) is 7.11 Å². The van der Waals surface area contributed by atoms with Gasteiger partial charge in [-0.25, -0.2) is 4.39 Å². The Bertz CT molecular complexity index is 402. The third-order valence-electron chi connectivity index (χ3n) is 3.26. The molecule has 4 heteroatoms. The second kappa shape index (κ2) is 3.94. The fourth-order valence-electron chi connectivity index (χ4n) is 2.06. The minimum absolute atomic E-state index is 0.110. The highest BCUT2D eigenvalue weighted by Crippen LogP contribution is 2.52. The van der Waals surface area contributed by atoms with Crippen molar-refractivity contribution in [2.45, 2.75) is 18.3 Å². The van der Waals surface area contributed by atoms with Crippen LogP contribution in [-0.4, -0.2) is 20.8 Å². The standard InChI is InChI=1S/C12H16FNO2/c1-15-10-6-8(13)5-9(11(10)16-2)12(7-14)3-4-12/h5-6H,3-4,7,14H2,1-2H3. The van der Waals surface area contributed by atoms with Crippen LogP contribution >= 0.6 is 0 Å². The molecule has 0 aromatic heterocycles. The van der Waals surface area contributed by atoms with Crippen molar-refractivity contribution in [1.82, 2.24) is 0 Å². The Kier molecular flexibility index (Phi) is 2.76. The normalized spacial score (nSPS) is 17.0. The summed E-state index contributed by atoms with van der Waals surface area (Å²) < 4.78 is 23.9. The predicted molar refractivity (Wildman–Crippen MR) is 59.5 cm³/mol. The summed E-state index contributed by atoms with van der Waals surface area (Å²) in [5.74, 6) is 0.719. The van der Waals surface area contributed by atoms with Crippen LogP contribution < -0.4 is 15.2 Å².